The van der Waals surface area contributed by atoms with Gasteiger partial charge in [0.15, 0.2) is 0 Å². The van der Waals surface area contributed by atoms with Gasteiger partial charge in [0.1, 0.15) is 11.5 Å². The number of aromatic hydroxyl groups is 1. The lowest BCUT2D eigenvalue weighted by molar-refractivity contribution is -0.146. The van der Waals surface area contributed by atoms with Crippen molar-refractivity contribution >= 4 is 5.78 Å². The summed E-state index contributed by atoms with van der Waals surface area (Å²) < 4.78 is 0. The number of benzene rings is 1. The molecule has 0 aromatic heterocycles. The van der Waals surface area contributed by atoms with E-state index in [1.807, 2.05) is 40.0 Å². The van der Waals surface area contributed by atoms with Crippen molar-refractivity contribution in [3.05, 3.63) is 42.0 Å². The molecule has 1 aromatic carbocycles. The van der Waals surface area contributed by atoms with Crippen molar-refractivity contribution in [1.82, 2.24) is 4.90 Å². The van der Waals surface area contributed by atoms with Gasteiger partial charge in [-0.3, -0.25) is 9.69 Å². The van der Waals surface area contributed by atoms with Crippen LogP contribution in [-0.2, 0) is 10.2 Å². The van der Waals surface area contributed by atoms with E-state index in [9.17, 15) is 15.0 Å². The number of hydrogen-bond donors (Lipinski definition) is 2. The molecule has 4 nitrogen and oxygen atoms in total. The highest BCUT2D eigenvalue weighted by Gasteiger charge is 2.58. The minimum absolute atomic E-state index is 0.146. The second-order valence-corrected chi connectivity index (χ2v) is 7.45. The highest BCUT2D eigenvalue weighted by molar-refractivity contribution is 5.82. The highest BCUT2D eigenvalue weighted by Crippen LogP contribution is 2.53. The van der Waals surface area contributed by atoms with Gasteiger partial charge < -0.3 is 10.2 Å². The molecule has 0 heterocycles. The lowest BCUT2D eigenvalue weighted by atomic mass is 9.54. The van der Waals surface area contributed by atoms with E-state index in [-0.39, 0.29) is 24.0 Å². The Morgan fingerprint density at radius 1 is 1.44 bits per heavy atom. The van der Waals surface area contributed by atoms with Crippen LogP contribution in [0.2, 0.25) is 0 Å². The van der Waals surface area contributed by atoms with E-state index in [4.69, 9.17) is 0 Å². The average molecular weight is 345 g/mol. The average Bonchev–Trinajstić information content (AvgIpc) is 2.57. The van der Waals surface area contributed by atoms with Crippen molar-refractivity contribution in [3.8, 4) is 5.75 Å². The molecule has 2 rings (SSSR count). The summed E-state index contributed by atoms with van der Waals surface area (Å²) in [6.45, 7) is 10.4. The molecule has 3 atom stereocenters. The number of likely N-dealkylation sites (N-methyl/N-ethyl adjacent to an activating group) is 1. The van der Waals surface area contributed by atoms with Crippen LogP contribution in [0.15, 0.2) is 30.9 Å². The van der Waals surface area contributed by atoms with Crippen LogP contribution in [0.5, 0.6) is 5.75 Å². The van der Waals surface area contributed by atoms with Crippen LogP contribution in [0.3, 0.4) is 0 Å². The minimum atomic E-state index is -1.11. The molecule has 0 spiro atoms. The van der Waals surface area contributed by atoms with Gasteiger partial charge in [-0.05, 0) is 45.4 Å². The third-order valence-electron chi connectivity index (χ3n) is 6.21. The molecule has 25 heavy (non-hydrogen) atoms. The number of rotatable bonds is 6. The first-order valence-electron chi connectivity index (χ1n) is 9.07. The van der Waals surface area contributed by atoms with E-state index in [0.717, 1.165) is 5.56 Å². The van der Waals surface area contributed by atoms with Crippen LogP contribution in [0.25, 0.3) is 0 Å². The van der Waals surface area contributed by atoms with Gasteiger partial charge in [0.2, 0.25) is 0 Å². The Hall–Kier alpha value is -1.65. The van der Waals surface area contributed by atoms with Crippen LogP contribution in [0.4, 0.5) is 0 Å². The Morgan fingerprint density at radius 3 is 2.68 bits per heavy atom. The van der Waals surface area contributed by atoms with E-state index in [2.05, 4.69) is 11.5 Å². The zero-order chi connectivity index (χ0) is 18.8. The number of aliphatic hydroxyl groups is 1. The van der Waals surface area contributed by atoms with Crippen molar-refractivity contribution in [2.45, 2.75) is 63.5 Å². The number of Topliss-reactive ketones (excluding diaryl/α,β-unsaturated/α-hetero) is 1. The second kappa shape index (κ2) is 7.30. The lowest BCUT2D eigenvalue weighted by Crippen LogP contribution is -2.65. The van der Waals surface area contributed by atoms with Crippen LogP contribution >= 0.6 is 0 Å². The third-order valence-corrected chi connectivity index (χ3v) is 6.21. The molecule has 1 saturated carbocycles. The van der Waals surface area contributed by atoms with E-state index in [1.165, 1.54) is 0 Å². The molecule has 2 N–H and O–H groups in total. The predicted molar refractivity (Wildman–Crippen MR) is 101 cm³/mol. The summed E-state index contributed by atoms with van der Waals surface area (Å²) in [4.78, 5) is 14.5. The molecule has 0 bridgehead atoms. The Bertz CT molecular complexity index is 636. The summed E-state index contributed by atoms with van der Waals surface area (Å²) in [7, 11) is 1.96. The smallest absolute Gasteiger partial charge is 0.134 e. The Morgan fingerprint density at radius 2 is 2.12 bits per heavy atom. The Kier molecular flexibility index (Phi) is 5.75. The summed E-state index contributed by atoms with van der Waals surface area (Å²) in [6.07, 6.45) is 3.42. The lowest BCUT2D eigenvalue weighted by Gasteiger charge is -2.55. The molecule has 1 aliphatic carbocycles. The molecule has 0 amide bonds. The Balaban J connectivity index is 2.68. The molecular weight excluding hydrogens is 314 g/mol. The number of phenolic OH excluding ortho intramolecular Hbond substituents is 1. The van der Waals surface area contributed by atoms with Crippen molar-refractivity contribution in [3.63, 3.8) is 0 Å². The fourth-order valence-electron chi connectivity index (χ4n) is 4.67. The fourth-order valence-corrected chi connectivity index (χ4v) is 4.67. The molecule has 1 fully saturated rings. The van der Waals surface area contributed by atoms with Gasteiger partial charge in [-0.1, -0.05) is 25.1 Å². The van der Waals surface area contributed by atoms with Gasteiger partial charge in [0.25, 0.3) is 0 Å². The predicted octanol–water partition coefficient (Wildman–Crippen LogP) is 3.34. The number of ketones is 1. The van der Waals surface area contributed by atoms with Gasteiger partial charge in [0, 0.05) is 36.4 Å². The van der Waals surface area contributed by atoms with Crippen LogP contribution in [0.1, 0.15) is 50.7 Å². The molecule has 0 aliphatic heterocycles. The molecule has 138 valence electrons. The van der Waals surface area contributed by atoms with E-state index < -0.39 is 11.0 Å². The van der Waals surface area contributed by atoms with Crippen molar-refractivity contribution in [1.29, 1.82) is 0 Å². The fraction of sp³-hybridized carbons (Fsp3) is 0.571. The standard InChI is InChI=1S/C21H31NO3/c1-6-13-22(5)16(4)21(25)12-11-17(23)14-20(21,7-2)19-15(3)9-8-10-18(19)24/h6,8-10,16,24-25H,1,7,11-14H2,2-5H3. The molecule has 3 unspecified atom stereocenters. The maximum atomic E-state index is 12.4. The number of hydrogen-bond acceptors (Lipinski definition) is 4. The first kappa shape index (κ1) is 19.7. The molecule has 0 radical (unpaired) electrons. The molecule has 0 saturated heterocycles. The van der Waals surface area contributed by atoms with Gasteiger partial charge in [0.05, 0.1) is 5.60 Å². The maximum Gasteiger partial charge on any atom is 0.134 e. The molecular formula is C21H31NO3. The number of aryl methyl sites for hydroxylation is 1. The number of nitrogens with zero attached hydrogens (tertiary/aromatic N) is 1. The molecule has 1 aliphatic rings. The van der Waals surface area contributed by atoms with Gasteiger partial charge in [-0.15, -0.1) is 6.58 Å². The maximum absolute atomic E-state index is 12.4. The zero-order valence-electron chi connectivity index (χ0n) is 15.9. The highest BCUT2D eigenvalue weighted by atomic mass is 16.3. The van der Waals surface area contributed by atoms with Gasteiger partial charge >= 0.3 is 0 Å². The molecule has 1 aromatic rings. The van der Waals surface area contributed by atoms with Crippen molar-refractivity contribution in [2.75, 3.05) is 13.6 Å². The van der Waals surface area contributed by atoms with E-state index in [0.29, 0.717) is 31.4 Å². The monoisotopic (exact) mass is 345 g/mol. The van der Waals surface area contributed by atoms with Gasteiger partial charge in [-0.2, -0.15) is 0 Å². The van der Waals surface area contributed by atoms with Crippen LogP contribution in [-0.4, -0.2) is 46.1 Å². The quantitative estimate of drug-likeness (QED) is 0.776. The molecule has 4 heteroatoms. The second-order valence-electron chi connectivity index (χ2n) is 7.45. The van der Waals surface area contributed by atoms with Crippen molar-refractivity contribution in [2.24, 2.45) is 0 Å². The number of carbonyl (C=O) groups excluding carboxylic acids is 1. The largest absolute Gasteiger partial charge is 0.508 e. The Labute approximate surface area is 151 Å². The zero-order valence-corrected chi connectivity index (χ0v) is 15.9. The van der Waals surface area contributed by atoms with Gasteiger partial charge in [-0.25, -0.2) is 0 Å². The van der Waals surface area contributed by atoms with Crippen LogP contribution in [0, 0.1) is 6.92 Å². The number of phenols is 1. The normalized spacial score (nSPS) is 28.2. The summed E-state index contributed by atoms with van der Waals surface area (Å²) in [5.74, 6) is 0.307. The SMILES string of the molecule is C=CCN(C)C(C)C1(O)CCC(=O)CC1(CC)c1c(C)cccc1O. The topological polar surface area (TPSA) is 60.8 Å². The number of carbonyl (C=O) groups is 1. The third kappa shape index (κ3) is 3.13. The van der Waals surface area contributed by atoms with Crippen molar-refractivity contribution < 1.29 is 15.0 Å². The first-order chi connectivity index (χ1) is 11.7. The summed E-state index contributed by atoms with van der Waals surface area (Å²) in [5.41, 5.74) is -0.288. The first-order valence-corrected chi connectivity index (χ1v) is 9.07. The van der Waals surface area contributed by atoms with E-state index in [1.54, 1.807) is 12.1 Å². The summed E-state index contributed by atoms with van der Waals surface area (Å²) in [6, 6.07) is 5.20. The van der Waals surface area contributed by atoms with E-state index >= 15 is 0 Å². The summed E-state index contributed by atoms with van der Waals surface area (Å²) >= 11 is 0. The summed E-state index contributed by atoms with van der Waals surface area (Å²) in [5, 5.41) is 22.6. The minimum Gasteiger partial charge on any atom is -0.508 e. The van der Waals surface area contributed by atoms with Crippen LogP contribution < -0.4 is 0 Å².